The van der Waals surface area contributed by atoms with Crippen molar-refractivity contribution in [2.24, 2.45) is 5.41 Å². The molecule has 11 heteroatoms. The van der Waals surface area contributed by atoms with Gasteiger partial charge in [-0.15, -0.1) is 6.58 Å². The normalized spacial score (nSPS) is 17.8. The van der Waals surface area contributed by atoms with E-state index in [1.165, 1.54) is 32.0 Å². The summed E-state index contributed by atoms with van der Waals surface area (Å²) >= 11 is 0. The number of amides is 3. The summed E-state index contributed by atoms with van der Waals surface area (Å²) in [4.78, 5) is 36.5. The van der Waals surface area contributed by atoms with Crippen molar-refractivity contribution >= 4 is 23.9 Å². The van der Waals surface area contributed by atoms with Crippen LogP contribution in [0.4, 0.5) is 18.9 Å². The summed E-state index contributed by atoms with van der Waals surface area (Å²) in [7, 11) is 0. The first-order chi connectivity index (χ1) is 18.9. The summed E-state index contributed by atoms with van der Waals surface area (Å²) in [6.45, 7) is 6.31. The molecular formula is C29H35F3N4O4. The molecule has 2 aliphatic rings. The molecular weight excluding hydrogens is 525 g/mol. The molecule has 1 fully saturated rings. The molecule has 2 aromatic carbocycles. The van der Waals surface area contributed by atoms with Gasteiger partial charge in [0.25, 0.3) is 17.7 Å². The van der Waals surface area contributed by atoms with Crippen LogP contribution < -0.4 is 16.0 Å². The lowest BCUT2D eigenvalue weighted by molar-refractivity contribution is -0.142. The van der Waals surface area contributed by atoms with Crippen LogP contribution in [0.1, 0.15) is 35.3 Å². The fourth-order valence-electron chi connectivity index (χ4n) is 4.71. The Bertz CT molecular complexity index is 1210. The van der Waals surface area contributed by atoms with Crippen LogP contribution in [0.15, 0.2) is 55.1 Å². The number of anilines is 1. The first-order valence-corrected chi connectivity index (χ1v) is 12.9. The minimum Gasteiger partial charge on any atom is -0.384 e. The fourth-order valence-corrected chi connectivity index (χ4v) is 4.71. The Hall–Kier alpha value is -3.86. The topological polar surface area (TPSA) is 111 Å². The number of likely N-dealkylation sites (tertiary alicyclic amines) is 1. The second-order valence-electron chi connectivity index (χ2n) is 10.5. The predicted molar refractivity (Wildman–Crippen MR) is 146 cm³/mol. The van der Waals surface area contributed by atoms with E-state index in [-0.39, 0.29) is 13.0 Å². The minimum absolute atomic E-state index is 0.0582. The number of nitrogens with one attached hydrogen (secondary N) is 3. The third-order valence-electron chi connectivity index (χ3n) is 7.03. The van der Waals surface area contributed by atoms with Gasteiger partial charge in [0, 0.05) is 36.3 Å². The number of hydrogen-bond donors (Lipinski definition) is 4. The zero-order chi connectivity index (χ0) is 29.5. The fraction of sp³-hybridized carbons (Fsp3) is 0.414. The molecule has 2 aliphatic heterocycles. The largest absolute Gasteiger partial charge is 0.384 e. The zero-order valence-electron chi connectivity index (χ0n) is 22.6. The van der Waals surface area contributed by atoms with E-state index < -0.39 is 47.7 Å². The van der Waals surface area contributed by atoms with Gasteiger partial charge in [0.15, 0.2) is 6.10 Å². The second-order valence-corrected chi connectivity index (χ2v) is 10.5. The molecule has 4 N–H and O–H groups in total. The van der Waals surface area contributed by atoms with Crippen LogP contribution in [-0.4, -0.2) is 72.5 Å². The number of benzene rings is 2. The van der Waals surface area contributed by atoms with E-state index in [1.807, 2.05) is 6.07 Å². The molecule has 0 bridgehead atoms. The number of fused-ring (bicyclic) bond motifs is 1. The van der Waals surface area contributed by atoms with Gasteiger partial charge in [-0.3, -0.25) is 14.4 Å². The van der Waals surface area contributed by atoms with Gasteiger partial charge in [0.2, 0.25) is 6.41 Å². The van der Waals surface area contributed by atoms with Gasteiger partial charge in [0.1, 0.15) is 5.82 Å². The van der Waals surface area contributed by atoms with E-state index in [9.17, 15) is 32.7 Å². The van der Waals surface area contributed by atoms with Crippen molar-refractivity contribution in [2.75, 3.05) is 31.5 Å². The van der Waals surface area contributed by atoms with Crippen molar-refractivity contribution in [1.29, 1.82) is 0 Å². The molecule has 2 unspecified atom stereocenters. The summed E-state index contributed by atoms with van der Waals surface area (Å²) < 4.78 is 42.5. The zero-order valence-corrected chi connectivity index (χ0v) is 22.6. The Morgan fingerprint density at radius 3 is 2.52 bits per heavy atom. The number of halogens is 3. The SMILES string of the molecule is C=CCNC=O.CC1(C)CN(C(=O)C(O)C(Cc2cccc(F)c2)NC(=O)c2cccc3c2CCN3)CC1(F)F. The molecule has 8 nitrogen and oxygen atoms in total. The maximum atomic E-state index is 14.4. The van der Waals surface area contributed by atoms with Crippen molar-refractivity contribution in [3.05, 3.63) is 77.6 Å². The first kappa shape index (κ1) is 30.7. The summed E-state index contributed by atoms with van der Waals surface area (Å²) in [5.74, 6) is -5.01. The average molecular weight is 561 g/mol. The molecule has 1 saturated heterocycles. The number of alkyl halides is 2. The minimum atomic E-state index is -3.11. The number of nitrogens with zero attached hydrogens (tertiary/aromatic N) is 1. The van der Waals surface area contributed by atoms with Gasteiger partial charge in [-0.2, -0.15) is 0 Å². The summed E-state index contributed by atoms with van der Waals surface area (Å²) in [6.07, 6.45) is 1.06. The Balaban J connectivity index is 0.000000663. The highest BCUT2D eigenvalue weighted by atomic mass is 19.3. The van der Waals surface area contributed by atoms with Crippen molar-refractivity contribution in [3.8, 4) is 0 Å². The van der Waals surface area contributed by atoms with E-state index in [0.717, 1.165) is 16.2 Å². The van der Waals surface area contributed by atoms with E-state index in [2.05, 4.69) is 22.5 Å². The first-order valence-electron chi connectivity index (χ1n) is 12.9. The van der Waals surface area contributed by atoms with Gasteiger partial charge in [-0.25, -0.2) is 13.2 Å². The third-order valence-corrected chi connectivity index (χ3v) is 7.03. The molecule has 3 amide bonds. The Morgan fingerprint density at radius 1 is 1.20 bits per heavy atom. The molecule has 4 rings (SSSR count). The lowest BCUT2D eigenvalue weighted by Crippen LogP contribution is -2.52. The van der Waals surface area contributed by atoms with Crippen molar-refractivity contribution in [3.63, 3.8) is 0 Å². The number of rotatable bonds is 9. The smallest absolute Gasteiger partial charge is 0.271 e. The maximum Gasteiger partial charge on any atom is 0.271 e. The number of aliphatic hydroxyl groups excluding tert-OH is 1. The van der Waals surface area contributed by atoms with E-state index in [4.69, 9.17) is 0 Å². The number of aliphatic hydroxyl groups is 1. The van der Waals surface area contributed by atoms with Gasteiger partial charge in [-0.1, -0.05) is 38.1 Å². The summed E-state index contributed by atoms with van der Waals surface area (Å²) in [5, 5.41) is 19.2. The predicted octanol–water partition coefficient (Wildman–Crippen LogP) is 2.92. The van der Waals surface area contributed by atoms with Crippen molar-refractivity contribution in [1.82, 2.24) is 15.5 Å². The van der Waals surface area contributed by atoms with E-state index in [1.54, 1.807) is 24.3 Å². The van der Waals surface area contributed by atoms with Crippen LogP contribution in [0.2, 0.25) is 0 Å². The Labute approximate surface area is 231 Å². The van der Waals surface area contributed by atoms with Crippen molar-refractivity contribution in [2.45, 2.75) is 44.8 Å². The monoisotopic (exact) mass is 560 g/mol. The van der Waals surface area contributed by atoms with Crippen LogP contribution in [0.25, 0.3) is 0 Å². The second kappa shape index (κ2) is 13.0. The molecule has 0 saturated carbocycles. The highest BCUT2D eigenvalue weighted by Crippen LogP contribution is 2.43. The Morgan fingerprint density at radius 2 is 1.93 bits per heavy atom. The third kappa shape index (κ3) is 7.20. The van der Waals surface area contributed by atoms with Crippen molar-refractivity contribution < 1.29 is 32.7 Å². The molecule has 0 aromatic heterocycles. The van der Waals surface area contributed by atoms with E-state index in [0.29, 0.717) is 37.0 Å². The molecule has 2 heterocycles. The molecule has 216 valence electrons. The molecule has 0 radical (unpaired) electrons. The van der Waals surface area contributed by atoms with Crippen LogP contribution in [0.3, 0.4) is 0 Å². The van der Waals surface area contributed by atoms with Gasteiger partial charge in [-0.05, 0) is 48.2 Å². The highest BCUT2D eigenvalue weighted by Gasteiger charge is 2.56. The number of hydrogen-bond acceptors (Lipinski definition) is 5. The quantitative estimate of drug-likeness (QED) is 0.214. The summed E-state index contributed by atoms with van der Waals surface area (Å²) in [5.41, 5.74) is 1.07. The van der Waals surface area contributed by atoms with E-state index >= 15 is 0 Å². The molecule has 2 atom stereocenters. The highest BCUT2D eigenvalue weighted by molar-refractivity contribution is 5.98. The molecule has 0 aliphatic carbocycles. The number of carbonyl (C=O) groups is 3. The van der Waals surface area contributed by atoms with Crippen LogP contribution in [0, 0.1) is 11.2 Å². The van der Waals surface area contributed by atoms with Crippen LogP contribution in [-0.2, 0) is 22.4 Å². The lowest BCUT2D eigenvalue weighted by Gasteiger charge is -2.28. The standard InChI is InChI=1S/C25H28F3N3O3.C4H7NO/c1-24(2)13-31(14-25(24,27)28)23(34)21(32)20(12-15-5-3-6-16(26)11-15)30-22(33)18-7-4-8-19-17(18)9-10-29-19;1-2-3-5-4-6/h3-8,11,20-21,29,32H,9-10,12-14H2,1-2H3,(H,30,33);2,4H,1,3H2,(H,5,6). The Kier molecular flexibility index (Phi) is 9.97. The van der Waals surface area contributed by atoms with Gasteiger partial charge >= 0.3 is 0 Å². The number of carbonyl (C=O) groups excluding carboxylic acids is 3. The van der Waals surface area contributed by atoms with Crippen LogP contribution in [0.5, 0.6) is 0 Å². The molecule has 2 aromatic rings. The average Bonchev–Trinajstić information content (AvgIpc) is 3.47. The molecule has 40 heavy (non-hydrogen) atoms. The molecule has 0 spiro atoms. The lowest BCUT2D eigenvalue weighted by atomic mass is 9.89. The van der Waals surface area contributed by atoms with Crippen LogP contribution >= 0.6 is 0 Å². The summed E-state index contributed by atoms with van der Waals surface area (Å²) in [6, 6.07) is 9.68. The maximum absolute atomic E-state index is 14.4. The van der Waals surface area contributed by atoms with Gasteiger partial charge < -0.3 is 26.0 Å². The van der Waals surface area contributed by atoms with Gasteiger partial charge in [0.05, 0.1) is 12.6 Å².